The highest BCUT2D eigenvalue weighted by Gasteiger charge is 2.29. The molecule has 4 heterocycles. The molecule has 2 aromatic heterocycles. The van der Waals surface area contributed by atoms with Crippen molar-refractivity contribution in [1.29, 1.82) is 0 Å². The van der Waals surface area contributed by atoms with Crippen LogP contribution in [-0.2, 0) is 13.1 Å². The molecule has 3 aliphatic rings. The lowest BCUT2D eigenvalue weighted by atomic mass is 10.0. The minimum Gasteiger partial charge on any atom is -0.371 e. The zero-order valence-corrected chi connectivity index (χ0v) is 20.3. The molecule has 1 saturated carbocycles. The number of benzene rings is 2. The van der Waals surface area contributed by atoms with Crippen LogP contribution in [0.3, 0.4) is 0 Å². The summed E-state index contributed by atoms with van der Waals surface area (Å²) in [7, 11) is 2.11. The zero-order chi connectivity index (χ0) is 23.7. The normalized spacial score (nSPS) is 20.2. The van der Waals surface area contributed by atoms with Gasteiger partial charge in [0.05, 0.1) is 22.4 Å². The molecular weight excluding hydrogens is 436 g/mol. The van der Waals surface area contributed by atoms with Crippen molar-refractivity contribution in [3.05, 3.63) is 48.0 Å². The molecule has 1 aliphatic carbocycles. The Balaban J connectivity index is 1.38. The van der Waals surface area contributed by atoms with Crippen LogP contribution in [0.25, 0.3) is 33.5 Å². The van der Waals surface area contributed by atoms with E-state index in [1.807, 2.05) is 11.0 Å². The van der Waals surface area contributed by atoms with Crippen molar-refractivity contribution in [1.82, 2.24) is 19.0 Å². The molecule has 35 heavy (non-hydrogen) atoms. The number of amides is 1. The molecule has 0 radical (unpaired) electrons. The summed E-state index contributed by atoms with van der Waals surface area (Å²) in [5, 5.41) is 1.26. The van der Waals surface area contributed by atoms with Crippen LogP contribution < -0.4 is 10.6 Å². The Hall–Kier alpha value is -3.32. The second-order valence-corrected chi connectivity index (χ2v) is 10.7. The van der Waals surface area contributed by atoms with E-state index in [2.05, 4.69) is 57.5 Å². The van der Waals surface area contributed by atoms with Crippen molar-refractivity contribution in [2.75, 3.05) is 31.6 Å². The minimum absolute atomic E-state index is 0.0659. The van der Waals surface area contributed by atoms with E-state index < -0.39 is 0 Å². The fourth-order valence-corrected chi connectivity index (χ4v) is 5.97. The van der Waals surface area contributed by atoms with Gasteiger partial charge in [0.25, 0.3) is 5.91 Å². The smallest absolute Gasteiger partial charge is 0.254 e. The number of rotatable bonds is 4. The van der Waals surface area contributed by atoms with Crippen LogP contribution in [0.2, 0.25) is 0 Å². The van der Waals surface area contributed by atoms with Crippen molar-refractivity contribution < 1.29 is 4.79 Å². The summed E-state index contributed by atoms with van der Waals surface area (Å²) < 4.78 is 4.84. The first kappa shape index (κ1) is 21.0. The molecule has 180 valence electrons. The van der Waals surface area contributed by atoms with E-state index in [1.54, 1.807) is 0 Å². The van der Waals surface area contributed by atoms with Gasteiger partial charge in [-0.25, -0.2) is 4.98 Å². The average Bonchev–Trinajstić information content (AvgIpc) is 3.51. The number of para-hydroxylation sites is 1. The van der Waals surface area contributed by atoms with Gasteiger partial charge in [-0.1, -0.05) is 18.2 Å². The fraction of sp³-hybridized carbons (Fsp3) is 0.429. The Morgan fingerprint density at radius 1 is 1.09 bits per heavy atom. The van der Waals surface area contributed by atoms with Gasteiger partial charge in [0.1, 0.15) is 0 Å². The summed E-state index contributed by atoms with van der Waals surface area (Å²) in [4.78, 5) is 22.8. The average molecular weight is 469 g/mol. The Morgan fingerprint density at radius 2 is 1.94 bits per heavy atom. The molecule has 2 fully saturated rings. The Morgan fingerprint density at radius 3 is 2.77 bits per heavy atom. The lowest BCUT2D eigenvalue weighted by Gasteiger charge is -2.32. The van der Waals surface area contributed by atoms with Gasteiger partial charge >= 0.3 is 0 Å². The third-order valence-electron chi connectivity index (χ3n) is 8.06. The second-order valence-electron chi connectivity index (χ2n) is 10.7. The summed E-state index contributed by atoms with van der Waals surface area (Å²) in [6.07, 6.45) is 4.57. The standard InChI is InChI=1S/C28H32N6O/c1-31-11-12-33-26-22(13-20(15-24(26)31)28(35)32-10-4-6-21(29)17-32)30-27(33)25-14-19-5-2-3-7-23(19)34(25)16-18-8-9-18/h2-3,5,7,13-15,18,21H,4,6,8-12,16-17,29H2,1H3. The lowest BCUT2D eigenvalue weighted by Crippen LogP contribution is -2.45. The number of nitrogens with two attached hydrogens (primary N) is 1. The number of carbonyl (C=O) groups excluding carboxylic acids is 1. The highest BCUT2D eigenvalue weighted by Crippen LogP contribution is 2.39. The SMILES string of the molecule is CN1CCn2c(-c3cc4ccccc4n3CC3CC3)nc3cc(C(=O)N4CCCC(N)C4)cc1c32. The number of likely N-dealkylation sites (N-methyl/N-ethyl adjacent to an activating group) is 1. The molecule has 7 heteroatoms. The predicted octanol–water partition coefficient (Wildman–Crippen LogP) is 4.08. The molecular formula is C28H32N6O. The summed E-state index contributed by atoms with van der Waals surface area (Å²) >= 11 is 0. The summed E-state index contributed by atoms with van der Waals surface area (Å²) in [6.45, 7) is 4.21. The van der Waals surface area contributed by atoms with Crippen molar-refractivity contribution >= 4 is 33.5 Å². The van der Waals surface area contributed by atoms with E-state index >= 15 is 0 Å². The van der Waals surface area contributed by atoms with Crippen LogP contribution in [0.1, 0.15) is 36.0 Å². The van der Waals surface area contributed by atoms with E-state index in [0.29, 0.717) is 12.1 Å². The van der Waals surface area contributed by atoms with Gasteiger partial charge in [0.15, 0.2) is 5.82 Å². The molecule has 2 N–H and O–H groups in total. The highest BCUT2D eigenvalue weighted by atomic mass is 16.2. The van der Waals surface area contributed by atoms with E-state index in [1.165, 1.54) is 29.4 Å². The largest absolute Gasteiger partial charge is 0.371 e. The van der Waals surface area contributed by atoms with E-state index in [9.17, 15) is 4.79 Å². The van der Waals surface area contributed by atoms with Gasteiger partial charge in [-0.15, -0.1) is 0 Å². The van der Waals surface area contributed by atoms with Gasteiger partial charge in [0.2, 0.25) is 0 Å². The van der Waals surface area contributed by atoms with E-state index in [0.717, 1.165) is 67.5 Å². The number of anilines is 1. The molecule has 1 amide bonds. The van der Waals surface area contributed by atoms with Gasteiger partial charge in [-0.2, -0.15) is 0 Å². The quantitative estimate of drug-likeness (QED) is 0.490. The molecule has 1 unspecified atom stereocenters. The van der Waals surface area contributed by atoms with Crippen LogP contribution >= 0.6 is 0 Å². The van der Waals surface area contributed by atoms with Crippen LogP contribution in [0.5, 0.6) is 0 Å². The van der Waals surface area contributed by atoms with Crippen LogP contribution in [0, 0.1) is 5.92 Å². The number of piperidine rings is 1. The number of likely N-dealkylation sites (tertiary alicyclic amines) is 1. The summed E-state index contributed by atoms with van der Waals surface area (Å²) in [5.41, 5.74) is 12.5. The molecule has 0 bridgehead atoms. The molecule has 7 nitrogen and oxygen atoms in total. The maximum Gasteiger partial charge on any atom is 0.254 e. The number of carbonyl (C=O) groups is 1. The van der Waals surface area contributed by atoms with Crippen molar-refractivity contribution in [2.24, 2.45) is 11.7 Å². The first-order valence-corrected chi connectivity index (χ1v) is 13.0. The van der Waals surface area contributed by atoms with Gasteiger partial charge in [-0.3, -0.25) is 4.79 Å². The number of imidazole rings is 1. The maximum absolute atomic E-state index is 13.5. The number of nitrogens with zero attached hydrogens (tertiary/aromatic N) is 5. The number of fused-ring (bicyclic) bond motifs is 1. The van der Waals surface area contributed by atoms with Gasteiger partial charge < -0.3 is 24.7 Å². The predicted molar refractivity (Wildman–Crippen MR) is 140 cm³/mol. The maximum atomic E-state index is 13.5. The molecule has 2 aliphatic heterocycles. The molecule has 1 atom stereocenters. The molecule has 4 aromatic rings. The monoisotopic (exact) mass is 468 g/mol. The van der Waals surface area contributed by atoms with E-state index in [-0.39, 0.29) is 11.9 Å². The third kappa shape index (κ3) is 3.44. The number of aromatic nitrogens is 3. The number of hydrogen-bond acceptors (Lipinski definition) is 4. The summed E-state index contributed by atoms with van der Waals surface area (Å²) in [6, 6.07) is 15.1. The first-order valence-electron chi connectivity index (χ1n) is 13.0. The zero-order valence-electron chi connectivity index (χ0n) is 20.3. The minimum atomic E-state index is 0.0659. The fourth-order valence-electron chi connectivity index (χ4n) is 5.97. The van der Waals surface area contributed by atoms with Gasteiger partial charge in [0, 0.05) is 62.3 Å². The molecule has 2 aromatic carbocycles. The van der Waals surface area contributed by atoms with Crippen molar-refractivity contribution in [2.45, 2.75) is 44.8 Å². The first-order chi connectivity index (χ1) is 17.1. The Kier molecular flexibility index (Phi) is 4.71. The van der Waals surface area contributed by atoms with Crippen molar-refractivity contribution in [3.8, 4) is 11.5 Å². The topological polar surface area (TPSA) is 72.3 Å². The summed E-state index contributed by atoms with van der Waals surface area (Å²) in [5.74, 6) is 1.84. The second kappa shape index (κ2) is 7.85. The Labute approximate surface area is 205 Å². The molecule has 1 saturated heterocycles. The Bertz CT molecular complexity index is 1460. The molecule has 7 rings (SSSR count). The van der Waals surface area contributed by atoms with Crippen LogP contribution in [0.4, 0.5) is 5.69 Å². The lowest BCUT2D eigenvalue weighted by molar-refractivity contribution is 0.0709. The highest BCUT2D eigenvalue weighted by molar-refractivity contribution is 6.03. The van der Waals surface area contributed by atoms with E-state index in [4.69, 9.17) is 10.7 Å². The molecule has 0 spiro atoms. The van der Waals surface area contributed by atoms with Crippen molar-refractivity contribution in [3.63, 3.8) is 0 Å². The van der Waals surface area contributed by atoms with Crippen LogP contribution in [-0.4, -0.2) is 57.6 Å². The van der Waals surface area contributed by atoms with Gasteiger partial charge in [-0.05, 0) is 55.9 Å². The third-order valence-corrected chi connectivity index (χ3v) is 8.06. The van der Waals surface area contributed by atoms with Crippen LogP contribution in [0.15, 0.2) is 42.5 Å². The number of hydrogen-bond donors (Lipinski definition) is 1.